The van der Waals surface area contributed by atoms with E-state index >= 15 is 0 Å². The van der Waals surface area contributed by atoms with Gasteiger partial charge in [0, 0.05) is 0 Å². The molecule has 10 heteroatoms. The molecule has 132 valence electrons. The number of thioether (sulfide) groups is 1. The second kappa shape index (κ2) is 7.28. The molecule has 2 aromatic heterocycles. The highest BCUT2D eigenvalue weighted by Crippen LogP contribution is 2.30. The van der Waals surface area contributed by atoms with Gasteiger partial charge in [-0.25, -0.2) is 4.98 Å². The van der Waals surface area contributed by atoms with Crippen molar-refractivity contribution in [2.24, 2.45) is 0 Å². The van der Waals surface area contributed by atoms with Crippen LogP contribution >= 0.6 is 23.1 Å². The number of methoxy groups -OCH3 is 1. The SMILES string of the molecule is CCC(C(=O)Nc1nc2ccc(OC)cc2s1)n1c(N)nnc1SC. The molecule has 3 N–H and O–H groups in total. The van der Waals surface area contributed by atoms with Crippen molar-refractivity contribution in [3.05, 3.63) is 18.2 Å². The van der Waals surface area contributed by atoms with E-state index in [9.17, 15) is 4.79 Å². The van der Waals surface area contributed by atoms with Gasteiger partial charge >= 0.3 is 0 Å². The quantitative estimate of drug-likeness (QED) is 0.635. The Morgan fingerprint density at radius 1 is 1.48 bits per heavy atom. The average molecular weight is 378 g/mol. The van der Waals surface area contributed by atoms with E-state index in [0.29, 0.717) is 16.7 Å². The van der Waals surface area contributed by atoms with Gasteiger partial charge in [-0.1, -0.05) is 30.0 Å². The number of ether oxygens (including phenoxy) is 1. The third kappa shape index (κ3) is 3.40. The summed E-state index contributed by atoms with van der Waals surface area (Å²) in [7, 11) is 1.61. The monoisotopic (exact) mass is 378 g/mol. The van der Waals surface area contributed by atoms with E-state index in [-0.39, 0.29) is 11.9 Å². The summed E-state index contributed by atoms with van der Waals surface area (Å²) in [5.74, 6) is 0.776. The molecule has 1 atom stereocenters. The van der Waals surface area contributed by atoms with Crippen LogP contribution in [0.25, 0.3) is 10.2 Å². The second-order valence-corrected chi connectivity index (χ2v) is 6.98. The molecule has 0 aliphatic carbocycles. The Bertz CT molecular complexity index is 907. The number of aromatic nitrogens is 4. The summed E-state index contributed by atoms with van der Waals surface area (Å²) in [6.45, 7) is 1.91. The number of hydrogen-bond acceptors (Lipinski definition) is 8. The minimum Gasteiger partial charge on any atom is -0.497 e. The topological polar surface area (TPSA) is 108 Å². The maximum atomic E-state index is 12.8. The van der Waals surface area contributed by atoms with Crippen molar-refractivity contribution in [1.29, 1.82) is 0 Å². The number of nitrogens with two attached hydrogens (primary N) is 1. The molecule has 0 bridgehead atoms. The van der Waals surface area contributed by atoms with Gasteiger partial charge in [0.05, 0.1) is 17.3 Å². The normalized spacial score (nSPS) is 12.3. The lowest BCUT2D eigenvalue weighted by Crippen LogP contribution is -2.27. The Labute approximate surface area is 152 Å². The molecule has 0 aliphatic rings. The molecule has 2 heterocycles. The van der Waals surface area contributed by atoms with E-state index < -0.39 is 6.04 Å². The average Bonchev–Trinajstić information content (AvgIpc) is 3.18. The Hall–Kier alpha value is -2.33. The molecule has 8 nitrogen and oxygen atoms in total. The van der Waals surface area contributed by atoms with Gasteiger partial charge in [0.25, 0.3) is 0 Å². The van der Waals surface area contributed by atoms with Gasteiger partial charge < -0.3 is 15.8 Å². The number of thiazole rings is 1. The fourth-order valence-corrected chi connectivity index (χ4v) is 3.92. The first kappa shape index (κ1) is 17.5. The molecule has 3 aromatic rings. The van der Waals surface area contributed by atoms with Gasteiger partial charge in [0.1, 0.15) is 11.8 Å². The minimum absolute atomic E-state index is 0.199. The number of carbonyl (C=O) groups excluding carboxylic acids is 1. The third-order valence-electron chi connectivity index (χ3n) is 3.70. The van der Waals surface area contributed by atoms with Crippen molar-refractivity contribution >= 4 is 50.3 Å². The van der Waals surface area contributed by atoms with Crippen LogP contribution in [-0.2, 0) is 4.79 Å². The summed E-state index contributed by atoms with van der Waals surface area (Å²) >= 11 is 2.79. The molecule has 0 aliphatic heterocycles. The van der Waals surface area contributed by atoms with E-state index in [1.54, 1.807) is 11.7 Å². The fourth-order valence-electron chi connectivity index (χ4n) is 2.48. The number of nitrogens with zero attached hydrogens (tertiary/aromatic N) is 4. The summed E-state index contributed by atoms with van der Waals surface area (Å²) in [4.78, 5) is 17.2. The molecule has 0 fully saturated rings. The highest BCUT2D eigenvalue weighted by Gasteiger charge is 2.25. The predicted molar refractivity (Wildman–Crippen MR) is 100 cm³/mol. The van der Waals surface area contributed by atoms with Gasteiger partial charge in [-0.05, 0) is 30.9 Å². The number of nitrogen functional groups attached to an aromatic ring is 1. The van der Waals surface area contributed by atoms with E-state index in [1.165, 1.54) is 23.1 Å². The maximum Gasteiger partial charge on any atom is 0.249 e. The molecule has 0 radical (unpaired) electrons. The van der Waals surface area contributed by atoms with Crippen LogP contribution in [0.2, 0.25) is 0 Å². The zero-order valence-electron chi connectivity index (χ0n) is 14.0. The van der Waals surface area contributed by atoms with Crippen molar-refractivity contribution < 1.29 is 9.53 Å². The van der Waals surface area contributed by atoms with Gasteiger partial charge in [0.2, 0.25) is 11.9 Å². The van der Waals surface area contributed by atoms with Crippen molar-refractivity contribution in [2.75, 3.05) is 24.4 Å². The Kier molecular flexibility index (Phi) is 5.09. The van der Waals surface area contributed by atoms with Crippen molar-refractivity contribution in [1.82, 2.24) is 19.7 Å². The Morgan fingerprint density at radius 2 is 2.28 bits per heavy atom. The third-order valence-corrected chi connectivity index (χ3v) is 5.28. The number of nitrogens with one attached hydrogen (secondary N) is 1. The lowest BCUT2D eigenvalue weighted by atomic mass is 10.2. The number of fused-ring (bicyclic) bond motifs is 1. The van der Waals surface area contributed by atoms with Gasteiger partial charge in [0.15, 0.2) is 10.3 Å². The number of amides is 1. The molecule has 25 heavy (non-hydrogen) atoms. The van der Waals surface area contributed by atoms with Crippen LogP contribution in [0.4, 0.5) is 11.1 Å². The van der Waals surface area contributed by atoms with Crippen molar-refractivity contribution in [3.63, 3.8) is 0 Å². The van der Waals surface area contributed by atoms with Crippen LogP contribution in [0.5, 0.6) is 5.75 Å². The first-order chi connectivity index (χ1) is 12.1. The summed E-state index contributed by atoms with van der Waals surface area (Å²) in [6.07, 6.45) is 2.42. The highest BCUT2D eigenvalue weighted by atomic mass is 32.2. The molecule has 1 unspecified atom stereocenters. The summed E-state index contributed by atoms with van der Waals surface area (Å²) in [5.41, 5.74) is 6.70. The van der Waals surface area contributed by atoms with E-state index in [0.717, 1.165) is 16.0 Å². The zero-order valence-corrected chi connectivity index (χ0v) is 15.6. The molecular formula is C15H18N6O2S2. The summed E-state index contributed by atoms with van der Waals surface area (Å²) < 4.78 is 7.80. The van der Waals surface area contributed by atoms with Crippen LogP contribution in [0.15, 0.2) is 23.4 Å². The van der Waals surface area contributed by atoms with Crippen molar-refractivity contribution in [2.45, 2.75) is 24.5 Å². The van der Waals surface area contributed by atoms with Crippen molar-refractivity contribution in [3.8, 4) is 5.75 Å². The fraction of sp³-hybridized carbons (Fsp3) is 0.333. The van der Waals surface area contributed by atoms with Crippen LogP contribution in [-0.4, -0.2) is 39.0 Å². The van der Waals surface area contributed by atoms with Gasteiger partial charge in [-0.15, -0.1) is 10.2 Å². The standard InChI is InChI=1S/C15H18N6O2S2/c1-4-10(21-13(16)19-20-15(21)24-3)12(22)18-14-17-9-6-5-8(23-2)7-11(9)25-14/h5-7,10H,4H2,1-3H3,(H2,16,19)(H,17,18,22). The number of rotatable bonds is 6. The number of hydrogen-bond donors (Lipinski definition) is 2. The number of benzene rings is 1. The zero-order chi connectivity index (χ0) is 18.0. The van der Waals surface area contributed by atoms with Crippen LogP contribution < -0.4 is 15.8 Å². The van der Waals surface area contributed by atoms with E-state index in [4.69, 9.17) is 10.5 Å². The highest BCUT2D eigenvalue weighted by molar-refractivity contribution is 7.98. The number of carbonyl (C=O) groups is 1. The Morgan fingerprint density at radius 3 is 2.96 bits per heavy atom. The molecule has 0 spiro atoms. The molecule has 1 aromatic carbocycles. The maximum absolute atomic E-state index is 12.8. The molecule has 1 amide bonds. The predicted octanol–water partition coefficient (Wildman–Crippen LogP) is 2.79. The van der Waals surface area contributed by atoms with Crippen LogP contribution in [0, 0.1) is 0 Å². The molecule has 0 saturated heterocycles. The molecular weight excluding hydrogens is 360 g/mol. The lowest BCUT2D eigenvalue weighted by Gasteiger charge is -2.17. The molecule has 3 rings (SSSR count). The number of anilines is 2. The van der Waals surface area contributed by atoms with Crippen LogP contribution in [0.3, 0.4) is 0 Å². The molecule has 0 saturated carbocycles. The lowest BCUT2D eigenvalue weighted by molar-refractivity contribution is -0.119. The van der Waals surface area contributed by atoms with Gasteiger partial charge in [-0.2, -0.15) is 0 Å². The van der Waals surface area contributed by atoms with Crippen LogP contribution in [0.1, 0.15) is 19.4 Å². The second-order valence-electron chi connectivity index (χ2n) is 5.18. The first-order valence-electron chi connectivity index (χ1n) is 7.57. The van der Waals surface area contributed by atoms with E-state index in [2.05, 4.69) is 20.5 Å². The summed E-state index contributed by atoms with van der Waals surface area (Å²) in [6, 6.07) is 5.09. The van der Waals surface area contributed by atoms with E-state index in [1.807, 2.05) is 31.4 Å². The smallest absolute Gasteiger partial charge is 0.249 e. The minimum atomic E-state index is -0.501. The Balaban J connectivity index is 1.86. The van der Waals surface area contributed by atoms with Gasteiger partial charge in [-0.3, -0.25) is 9.36 Å². The summed E-state index contributed by atoms with van der Waals surface area (Å²) in [5, 5.41) is 11.9. The largest absolute Gasteiger partial charge is 0.497 e. The first-order valence-corrected chi connectivity index (χ1v) is 9.61.